The van der Waals surface area contributed by atoms with E-state index in [1.165, 1.54) is 4.31 Å². The molecule has 0 bridgehead atoms. The van der Waals surface area contributed by atoms with Gasteiger partial charge in [0.15, 0.2) is 0 Å². The van der Waals surface area contributed by atoms with Crippen molar-refractivity contribution in [1.82, 2.24) is 14.0 Å². The Morgan fingerprint density at radius 2 is 2.39 bits per heavy atom. The van der Waals surface area contributed by atoms with Crippen LogP contribution in [-0.4, -0.2) is 30.8 Å². The van der Waals surface area contributed by atoms with Crippen LogP contribution in [0.5, 0.6) is 0 Å². The molecule has 0 aromatic carbocycles. The second-order valence-corrected chi connectivity index (χ2v) is 6.55. The number of nitrogens with one attached hydrogen (secondary N) is 1. The Balaban J connectivity index is 1.95. The van der Waals surface area contributed by atoms with E-state index >= 15 is 0 Å². The molecule has 2 rings (SSSR count). The Labute approximate surface area is 108 Å². The fraction of sp³-hybridized carbons (Fsp3) is 0.583. The molecule has 1 aromatic rings. The minimum absolute atomic E-state index is 0.293. The van der Waals surface area contributed by atoms with Crippen molar-refractivity contribution in [2.75, 3.05) is 13.1 Å². The highest BCUT2D eigenvalue weighted by Gasteiger charge is 2.26. The minimum Gasteiger partial charge on any atom is -0.264 e. The highest BCUT2D eigenvalue weighted by atomic mass is 32.2. The monoisotopic (exact) mass is 269 g/mol. The Bertz CT molecular complexity index is 475. The lowest BCUT2D eigenvalue weighted by atomic mass is 10.0. The Kier molecular flexibility index (Phi) is 4.31. The predicted molar refractivity (Wildman–Crippen MR) is 70.0 cm³/mol. The number of rotatable bonds is 4. The molecule has 0 aliphatic carbocycles. The third-order valence-electron chi connectivity index (χ3n) is 3.14. The van der Waals surface area contributed by atoms with Crippen LogP contribution in [0.1, 0.15) is 25.3 Å². The van der Waals surface area contributed by atoms with Crippen LogP contribution in [0.25, 0.3) is 0 Å². The zero-order valence-electron chi connectivity index (χ0n) is 10.5. The molecule has 100 valence electrons. The van der Waals surface area contributed by atoms with Crippen LogP contribution in [0.15, 0.2) is 24.5 Å². The number of pyridine rings is 1. The van der Waals surface area contributed by atoms with Crippen molar-refractivity contribution in [3.05, 3.63) is 30.1 Å². The number of hydrogen-bond acceptors (Lipinski definition) is 3. The zero-order chi connectivity index (χ0) is 13.0. The minimum atomic E-state index is -3.36. The quantitative estimate of drug-likeness (QED) is 0.892. The lowest BCUT2D eigenvalue weighted by molar-refractivity contribution is 0.278. The van der Waals surface area contributed by atoms with E-state index in [9.17, 15) is 8.42 Å². The molecular weight excluding hydrogens is 250 g/mol. The first-order valence-electron chi connectivity index (χ1n) is 6.21. The summed E-state index contributed by atoms with van der Waals surface area (Å²) < 4.78 is 28.4. The summed E-state index contributed by atoms with van der Waals surface area (Å²) in [4.78, 5) is 3.96. The summed E-state index contributed by atoms with van der Waals surface area (Å²) in [6.45, 7) is 3.61. The van der Waals surface area contributed by atoms with Crippen molar-refractivity contribution < 1.29 is 8.42 Å². The fourth-order valence-electron chi connectivity index (χ4n) is 2.13. The topological polar surface area (TPSA) is 62.3 Å². The van der Waals surface area contributed by atoms with Crippen LogP contribution < -0.4 is 4.72 Å². The molecule has 1 aliphatic heterocycles. The molecule has 0 saturated carbocycles. The van der Waals surface area contributed by atoms with Gasteiger partial charge in [-0.3, -0.25) is 4.98 Å². The highest BCUT2D eigenvalue weighted by Crippen LogP contribution is 2.17. The molecule has 1 aromatic heterocycles. The third-order valence-corrected chi connectivity index (χ3v) is 4.66. The Morgan fingerprint density at radius 1 is 1.56 bits per heavy atom. The first-order valence-corrected chi connectivity index (χ1v) is 7.65. The van der Waals surface area contributed by atoms with E-state index in [0.29, 0.717) is 25.6 Å². The van der Waals surface area contributed by atoms with Gasteiger partial charge in [-0.15, -0.1) is 0 Å². The van der Waals surface area contributed by atoms with E-state index in [1.54, 1.807) is 18.5 Å². The SMILES string of the molecule is C[C@@H]1CCCN(S(=O)(=O)NCc2cccnc2)C1. The maximum Gasteiger partial charge on any atom is 0.279 e. The average Bonchev–Trinajstić information content (AvgIpc) is 2.38. The molecule has 1 atom stereocenters. The summed E-state index contributed by atoms with van der Waals surface area (Å²) in [5, 5.41) is 0. The summed E-state index contributed by atoms with van der Waals surface area (Å²) >= 11 is 0. The van der Waals surface area contributed by atoms with E-state index in [1.807, 2.05) is 6.07 Å². The van der Waals surface area contributed by atoms with Crippen LogP contribution >= 0.6 is 0 Å². The Hall–Kier alpha value is -0.980. The molecule has 1 fully saturated rings. The second-order valence-electron chi connectivity index (χ2n) is 4.79. The normalized spacial score (nSPS) is 21.9. The van der Waals surface area contributed by atoms with E-state index in [-0.39, 0.29) is 0 Å². The van der Waals surface area contributed by atoms with Crippen LogP contribution in [0.3, 0.4) is 0 Å². The van der Waals surface area contributed by atoms with E-state index in [4.69, 9.17) is 0 Å². The van der Waals surface area contributed by atoms with Crippen LogP contribution in [-0.2, 0) is 16.8 Å². The summed E-state index contributed by atoms with van der Waals surface area (Å²) in [5.41, 5.74) is 0.867. The van der Waals surface area contributed by atoms with Gasteiger partial charge in [-0.25, -0.2) is 0 Å². The molecule has 0 spiro atoms. The van der Waals surface area contributed by atoms with Crippen molar-refractivity contribution in [1.29, 1.82) is 0 Å². The smallest absolute Gasteiger partial charge is 0.264 e. The van der Waals surface area contributed by atoms with Crippen molar-refractivity contribution in [2.24, 2.45) is 5.92 Å². The van der Waals surface area contributed by atoms with Gasteiger partial charge in [0.2, 0.25) is 0 Å². The molecule has 6 heteroatoms. The summed E-state index contributed by atoms with van der Waals surface area (Å²) in [6.07, 6.45) is 5.38. The van der Waals surface area contributed by atoms with Gasteiger partial charge >= 0.3 is 0 Å². The third kappa shape index (κ3) is 3.51. The molecule has 1 saturated heterocycles. The second kappa shape index (κ2) is 5.77. The van der Waals surface area contributed by atoms with Crippen LogP contribution in [0, 0.1) is 5.92 Å². The molecule has 0 unspecified atom stereocenters. The number of aromatic nitrogens is 1. The van der Waals surface area contributed by atoms with Gasteiger partial charge in [0.25, 0.3) is 10.2 Å². The van der Waals surface area contributed by atoms with Gasteiger partial charge in [-0.2, -0.15) is 17.4 Å². The highest BCUT2D eigenvalue weighted by molar-refractivity contribution is 7.87. The van der Waals surface area contributed by atoms with Crippen molar-refractivity contribution in [2.45, 2.75) is 26.3 Å². The molecule has 5 nitrogen and oxygen atoms in total. The summed E-state index contributed by atoms with van der Waals surface area (Å²) in [6, 6.07) is 3.65. The lowest BCUT2D eigenvalue weighted by Gasteiger charge is -2.29. The maximum absolute atomic E-state index is 12.1. The van der Waals surface area contributed by atoms with Crippen molar-refractivity contribution in [3.63, 3.8) is 0 Å². The molecule has 1 aliphatic rings. The molecule has 1 N–H and O–H groups in total. The maximum atomic E-state index is 12.1. The van der Waals surface area contributed by atoms with E-state index in [2.05, 4.69) is 16.6 Å². The summed E-state index contributed by atoms with van der Waals surface area (Å²) in [7, 11) is -3.36. The van der Waals surface area contributed by atoms with Gasteiger partial charge < -0.3 is 0 Å². The molecule has 18 heavy (non-hydrogen) atoms. The van der Waals surface area contributed by atoms with E-state index in [0.717, 1.165) is 18.4 Å². The van der Waals surface area contributed by atoms with Crippen LogP contribution in [0.2, 0.25) is 0 Å². The van der Waals surface area contributed by atoms with Crippen molar-refractivity contribution >= 4 is 10.2 Å². The fourth-order valence-corrected chi connectivity index (χ4v) is 3.48. The molecule has 2 heterocycles. The summed E-state index contributed by atoms with van der Waals surface area (Å²) in [5.74, 6) is 0.439. The van der Waals surface area contributed by atoms with Crippen LogP contribution in [0.4, 0.5) is 0 Å². The van der Waals surface area contributed by atoms with Gasteiger partial charge in [-0.05, 0) is 30.4 Å². The molecule has 0 amide bonds. The largest absolute Gasteiger partial charge is 0.279 e. The van der Waals surface area contributed by atoms with E-state index < -0.39 is 10.2 Å². The average molecular weight is 269 g/mol. The first-order chi connectivity index (χ1) is 8.58. The van der Waals surface area contributed by atoms with Gasteiger partial charge in [0, 0.05) is 32.0 Å². The molecular formula is C12H19N3O2S. The predicted octanol–water partition coefficient (Wildman–Crippen LogP) is 1.15. The first kappa shape index (κ1) is 13.5. The Morgan fingerprint density at radius 3 is 3.06 bits per heavy atom. The van der Waals surface area contributed by atoms with Gasteiger partial charge in [0.05, 0.1) is 0 Å². The van der Waals surface area contributed by atoms with Crippen molar-refractivity contribution in [3.8, 4) is 0 Å². The number of nitrogens with zero attached hydrogens (tertiary/aromatic N) is 2. The standard InChI is InChI=1S/C12H19N3O2S/c1-11-4-3-7-15(10-11)18(16,17)14-9-12-5-2-6-13-8-12/h2,5-6,8,11,14H,3-4,7,9-10H2,1H3/t11-/m1/s1. The van der Waals surface area contributed by atoms with Gasteiger partial charge in [0.1, 0.15) is 0 Å². The van der Waals surface area contributed by atoms with Gasteiger partial charge in [-0.1, -0.05) is 13.0 Å². The zero-order valence-corrected chi connectivity index (χ0v) is 11.4. The lowest BCUT2D eigenvalue weighted by Crippen LogP contribution is -2.45. The number of piperidine rings is 1. The number of hydrogen-bond donors (Lipinski definition) is 1. The molecule has 0 radical (unpaired) electrons.